The van der Waals surface area contributed by atoms with E-state index >= 15 is 0 Å². The molecule has 0 aliphatic rings. The van der Waals surface area contributed by atoms with Crippen LogP contribution in [0.2, 0.25) is 0 Å². The Morgan fingerprint density at radius 2 is 1.92 bits per heavy atom. The maximum absolute atomic E-state index is 12.4. The van der Waals surface area contributed by atoms with Crippen molar-refractivity contribution in [2.24, 2.45) is 0 Å². The molecule has 1 aromatic rings. The first-order valence-corrected chi connectivity index (χ1v) is 4.15. The number of benzene rings is 1. The Labute approximate surface area is 77.2 Å². The number of hydrogen-bond acceptors (Lipinski definition) is 1. The molecule has 0 fully saturated rings. The van der Waals surface area contributed by atoms with Gasteiger partial charge in [-0.15, -0.1) is 0 Å². The Hall–Kier alpha value is -0.900. The third-order valence-electron chi connectivity index (χ3n) is 1.38. The van der Waals surface area contributed by atoms with Gasteiger partial charge in [-0.2, -0.15) is 0 Å². The molecule has 1 aromatic carbocycles. The molecule has 0 spiro atoms. The van der Waals surface area contributed by atoms with E-state index in [1.165, 1.54) is 24.3 Å². The fourth-order valence-corrected chi connectivity index (χ4v) is 1.08. The molecule has 1 rings (SSSR count). The molecule has 4 heteroatoms. The van der Waals surface area contributed by atoms with Crippen molar-refractivity contribution >= 4 is 21.9 Å². The third kappa shape index (κ3) is 2.04. The summed E-state index contributed by atoms with van der Waals surface area (Å²) in [4.78, 5) is 9.68. The second kappa shape index (κ2) is 3.67. The van der Waals surface area contributed by atoms with Gasteiger partial charge in [0, 0.05) is 0 Å². The van der Waals surface area contributed by atoms with Gasteiger partial charge in [-0.25, -0.2) is 4.39 Å². The predicted octanol–water partition coefficient (Wildman–Crippen LogP) is 2.35. The SMILES string of the molecule is O=C(O)[C@@H](Br)c1ccc(F)cc1. The highest BCUT2D eigenvalue weighted by Gasteiger charge is 2.14. The molecular formula is C8H6BrFO2. The molecule has 0 saturated heterocycles. The van der Waals surface area contributed by atoms with E-state index in [0.29, 0.717) is 5.56 Å². The standard InChI is InChI=1S/C8H6BrFO2/c9-7(8(11)12)5-1-3-6(10)4-2-5/h1-4,7H,(H,11,12)/t7-/m0/s1. The highest BCUT2D eigenvalue weighted by Crippen LogP contribution is 2.22. The maximum Gasteiger partial charge on any atom is 0.321 e. The minimum atomic E-state index is -0.985. The lowest BCUT2D eigenvalue weighted by molar-refractivity contribution is -0.136. The molecule has 0 amide bonds. The smallest absolute Gasteiger partial charge is 0.321 e. The van der Waals surface area contributed by atoms with Crippen molar-refractivity contribution in [1.29, 1.82) is 0 Å². The van der Waals surface area contributed by atoms with Crippen LogP contribution in [0.1, 0.15) is 10.4 Å². The number of aliphatic carboxylic acids is 1. The number of carboxylic acids is 1. The first-order chi connectivity index (χ1) is 5.61. The Kier molecular flexibility index (Phi) is 2.81. The summed E-state index contributed by atoms with van der Waals surface area (Å²) in [7, 11) is 0. The van der Waals surface area contributed by atoms with E-state index in [1.807, 2.05) is 0 Å². The monoisotopic (exact) mass is 232 g/mol. The van der Waals surface area contributed by atoms with E-state index in [0.717, 1.165) is 0 Å². The van der Waals surface area contributed by atoms with Crippen molar-refractivity contribution in [2.45, 2.75) is 4.83 Å². The van der Waals surface area contributed by atoms with Gasteiger partial charge in [-0.05, 0) is 17.7 Å². The molecule has 0 unspecified atom stereocenters. The Morgan fingerprint density at radius 3 is 2.33 bits per heavy atom. The predicted molar refractivity (Wildman–Crippen MR) is 45.7 cm³/mol. The van der Waals surface area contributed by atoms with E-state index in [9.17, 15) is 9.18 Å². The Bertz CT molecular complexity index is 284. The van der Waals surface area contributed by atoms with Crippen molar-refractivity contribution in [2.75, 3.05) is 0 Å². The lowest BCUT2D eigenvalue weighted by Crippen LogP contribution is -2.03. The van der Waals surface area contributed by atoms with Crippen molar-refractivity contribution in [1.82, 2.24) is 0 Å². The largest absolute Gasteiger partial charge is 0.480 e. The lowest BCUT2D eigenvalue weighted by Gasteiger charge is -2.03. The number of rotatable bonds is 2. The Morgan fingerprint density at radius 1 is 1.42 bits per heavy atom. The fraction of sp³-hybridized carbons (Fsp3) is 0.125. The summed E-state index contributed by atoms with van der Waals surface area (Å²) >= 11 is 2.95. The van der Waals surface area contributed by atoms with Crippen LogP contribution < -0.4 is 0 Å². The number of hydrogen-bond donors (Lipinski definition) is 1. The van der Waals surface area contributed by atoms with Gasteiger partial charge in [0.1, 0.15) is 10.6 Å². The number of alkyl halides is 1. The minimum absolute atomic E-state index is 0.371. The Balaban J connectivity index is 2.89. The fourth-order valence-electron chi connectivity index (χ4n) is 0.774. The van der Waals surface area contributed by atoms with Crippen LogP contribution in [0.3, 0.4) is 0 Å². The van der Waals surface area contributed by atoms with E-state index in [-0.39, 0.29) is 5.82 Å². The second-order valence-corrected chi connectivity index (χ2v) is 3.17. The average molecular weight is 233 g/mol. The van der Waals surface area contributed by atoms with E-state index in [4.69, 9.17) is 5.11 Å². The van der Waals surface area contributed by atoms with Crippen LogP contribution in [0.5, 0.6) is 0 Å². The summed E-state index contributed by atoms with van der Waals surface area (Å²) in [5.74, 6) is -1.36. The highest BCUT2D eigenvalue weighted by atomic mass is 79.9. The summed E-state index contributed by atoms with van der Waals surface area (Å²) in [5.41, 5.74) is 0.531. The summed E-state index contributed by atoms with van der Waals surface area (Å²) in [6.45, 7) is 0. The first-order valence-electron chi connectivity index (χ1n) is 3.23. The van der Waals surface area contributed by atoms with E-state index in [2.05, 4.69) is 15.9 Å². The quantitative estimate of drug-likeness (QED) is 0.796. The van der Waals surface area contributed by atoms with Crippen LogP contribution in [-0.4, -0.2) is 11.1 Å². The zero-order valence-electron chi connectivity index (χ0n) is 6.00. The van der Waals surface area contributed by atoms with Crippen LogP contribution in [0, 0.1) is 5.82 Å². The zero-order chi connectivity index (χ0) is 9.14. The summed E-state index contributed by atoms with van der Waals surface area (Å²) in [6.07, 6.45) is 0. The second-order valence-electron chi connectivity index (χ2n) is 2.25. The molecular weight excluding hydrogens is 227 g/mol. The van der Waals surface area contributed by atoms with Crippen molar-refractivity contribution in [3.63, 3.8) is 0 Å². The van der Waals surface area contributed by atoms with Gasteiger partial charge in [-0.3, -0.25) is 4.79 Å². The van der Waals surface area contributed by atoms with Crippen molar-refractivity contribution < 1.29 is 14.3 Å². The van der Waals surface area contributed by atoms with Gasteiger partial charge < -0.3 is 5.11 Å². The molecule has 1 atom stereocenters. The average Bonchev–Trinajstić information content (AvgIpc) is 2.04. The van der Waals surface area contributed by atoms with Gasteiger partial charge in [0.05, 0.1) is 0 Å². The minimum Gasteiger partial charge on any atom is -0.480 e. The molecule has 0 bridgehead atoms. The molecule has 1 N–H and O–H groups in total. The van der Waals surface area contributed by atoms with Crippen LogP contribution in [0.4, 0.5) is 4.39 Å². The molecule has 0 saturated carbocycles. The normalized spacial score (nSPS) is 12.5. The van der Waals surface area contributed by atoms with Crippen LogP contribution >= 0.6 is 15.9 Å². The molecule has 64 valence electrons. The van der Waals surface area contributed by atoms with Crippen molar-refractivity contribution in [3.05, 3.63) is 35.6 Å². The molecule has 0 heterocycles. The molecule has 0 aliphatic heterocycles. The highest BCUT2D eigenvalue weighted by molar-refractivity contribution is 9.09. The molecule has 12 heavy (non-hydrogen) atoms. The number of carbonyl (C=O) groups is 1. The molecule has 0 radical (unpaired) electrons. The zero-order valence-corrected chi connectivity index (χ0v) is 7.58. The van der Waals surface area contributed by atoms with Gasteiger partial charge >= 0.3 is 5.97 Å². The van der Waals surface area contributed by atoms with Gasteiger partial charge in [0.25, 0.3) is 0 Å². The first kappa shape index (κ1) is 9.19. The third-order valence-corrected chi connectivity index (χ3v) is 2.30. The molecule has 0 aromatic heterocycles. The summed E-state index contributed by atoms with van der Waals surface area (Å²) < 4.78 is 12.4. The van der Waals surface area contributed by atoms with E-state index in [1.54, 1.807) is 0 Å². The van der Waals surface area contributed by atoms with E-state index < -0.39 is 10.8 Å². The van der Waals surface area contributed by atoms with Crippen LogP contribution in [-0.2, 0) is 4.79 Å². The van der Waals surface area contributed by atoms with Crippen LogP contribution in [0.25, 0.3) is 0 Å². The maximum atomic E-state index is 12.4. The number of carboxylic acid groups (broad SMARTS) is 1. The molecule has 2 nitrogen and oxygen atoms in total. The van der Waals surface area contributed by atoms with Crippen LogP contribution in [0.15, 0.2) is 24.3 Å². The number of halogens is 2. The van der Waals surface area contributed by atoms with Gasteiger partial charge in [0.15, 0.2) is 0 Å². The topological polar surface area (TPSA) is 37.3 Å². The summed E-state index contributed by atoms with van der Waals surface area (Å²) in [5, 5.41) is 8.56. The van der Waals surface area contributed by atoms with Crippen molar-refractivity contribution in [3.8, 4) is 0 Å². The van der Waals surface area contributed by atoms with Gasteiger partial charge in [0.2, 0.25) is 0 Å². The summed E-state index contributed by atoms with van der Waals surface area (Å²) in [6, 6.07) is 5.32. The lowest BCUT2D eigenvalue weighted by atomic mass is 10.1. The van der Waals surface area contributed by atoms with Gasteiger partial charge in [-0.1, -0.05) is 28.1 Å². The molecule has 0 aliphatic carbocycles.